The highest BCUT2D eigenvalue weighted by Crippen LogP contribution is 2.30. The Hall–Kier alpha value is -3.22. The van der Waals surface area contributed by atoms with Gasteiger partial charge in [0.25, 0.3) is 11.8 Å². The number of rotatable bonds is 5. The van der Waals surface area contributed by atoms with Gasteiger partial charge < -0.3 is 24.2 Å². The van der Waals surface area contributed by atoms with Gasteiger partial charge in [0.05, 0.1) is 14.2 Å². The van der Waals surface area contributed by atoms with Crippen molar-refractivity contribution in [2.75, 3.05) is 59.4 Å². The molecule has 2 aromatic carbocycles. The lowest BCUT2D eigenvalue weighted by molar-refractivity contribution is 0.0715. The van der Waals surface area contributed by atoms with Crippen molar-refractivity contribution in [3.05, 3.63) is 53.6 Å². The van der Waals surface area contributed by atoms with Crippen molar-refractivity contribution in [1.29, 1.82) is 0 Å². The summed E-state index contributed by atoms with van der Waals surface area (Å²) in [5.74, 6) is 0.813. The standard InChI is InChI=1S/C23H29N3O4/c1-24(2)18-11-9-17(10-12-18)22(27)25-13-6-14-26(16-15-25)23(28)21-19(29-3)7-5-8-20(21)30-4/h5,7-12H,6,13-16H2,1-4H3. The molecular weight excluding hydrogens is 382 g/mol. The topological polar surface area (TPSA) is 62.3 Å². The number of anilines is 1. The molecule has 0 unspecified atom stereocenters. The largest absolute Gasteiger partial charge is 0.496 e. The Kier molecular flexibility index (Phi) is 6.82. The van der Waals surface area contributed by atoms with Gasteiger partial charge in [-0.05, 0) is 42.8 Å². The van der Waals surface area contributed by atoms with Crippen molar-refractivity contribution in [2.24, 2.45) is 0 Å². The summed E-state index contributed by atoms with van der Waals surface area (Å²) in [6.07, 6.45) is 0.713. The molecule has 7 heteroatoms. The predicted molar refractivity (Wildman–Crippen MR) is 117 cm³/mol. The minimum absolute atomic E-state index is 0.00974. The van der Waals surface area contributed by atoms with Crippen molar-refractivity contribution in [2.45, 2.75) is 6.42 Å². The van der Waals surface area contributed by atoms with Crippen molar-refractivity contribution >= 4 is 17.5 Å². The van der Waals surface area contributed by atoms with Gasteiger partial charge in [-0.15, -0.1) is 0 Å². The van der Waals surface area contributed by atoms with Crippen molar-refractivity contribution in [1.82, 2.24) is 9.80 Å². The molecule has 0 spiro atoms. The Morgan fingerprint density at radius 3 is 1.83 bits per heavy atom. The molecule has 1 fully saturated rings. The van der Waals surface area contributed by atoms with Crippen LogP contribution < -0.4 is 14.4 Å². The van der Waals surface area contributed by atoms with Crippen LogP contribution in [0.4, 0.5) is 5.69 Å². The van der Waals surface area contributed by atoms with Crippen molar-refractivity contribution < 1.29 is 19.1 Å². The number of carbonyl (C=O) groups is 2. The fourth-order valence-electron chi connectivity index (χ4n) is 3.63. The predicted octanol–water partition coefficient (Wildman–Crippen LogP) is 2.76. The van der Waals surface area contributed by atoms with Gasteiger partial charge >= 0.3 is 0 Å². The van der Waals surface area contributed by atoms with E-state index >= 15 is 0 Å². The number of ether oxygens (including phenoxy) is 2. The molecule has 0 atom stereocenters. The Bertz CT molecular complexity index is 874. The fraction of sp³-hybridized carbons (Fsp3) is 0.391. The Morgan fingerprint density at radius 2 is 1.33 bits per heavy atom. The zero-order valence-electron chi connectivity index (χ0n) is 18.1. The van der Waals surface area contributed by atoms with E-state index in [1.165, 1.54) is 14.2 Å². The highest BCUT2D eigenvalue weighted by molar-refractivity contribution is 6.00. The van der Waals surface area contributed by atoms with Crippen LogP contribution in [0.15, 0.2) is 42.5 Å². The fourth-order valence-corrected chi connectivity index (χ4v) is 3.63. The van der Waals surface area contributed by atoms with Crippen LogP contribution in [0.2, 0.25) is 0 Å². The van der Waals surface area contributed by atoms with E-state index in [-0.39, 0.29) is 11.8 Å². The number of carbonyl (C=O) groups excluding carboxylic acids is 2. The number of benzene rings is 2. The second-order valence-electron chi connectivity index (χ2n) is 7.42. The first-order valence-electron chi connectivity index (χ1n) is 10.0. The summed E-state index contributed by atoms with van der Waals surface area (Å²) in [5.41, 5.74) is 2.12. The molecule has 0 N–H and O–H groups in total. The van der Waals surface area contributed by atoms with Gasteiger partial charge in [-0.1, -0.05) is 6.07 Å². The van der Waals surface area contributed by atoms with Crippen LogP contribution in [-0.4, -0.2) is 76.1 Å². The van der Waals surface area contributed by atoms with Crippen LogP contribution in [0.5, 0.6) is 11.5 Å². The van der Waals surface area contributed by atoms with Gasteiger partial charge in [-0.3, -0.25) is 9.59 Å². The lowest BCUT2D eigenvalue weighted by Gasteiger charge is -2.24. The monoisotopic (exact) mass is 411 g/mol. The minimum atomic E-state index is -0.145. The van der Waals surface area contributed by atoms with Crippen LogP contribution in [0.1, 0.15) is 27.1 Å². The number of methoxy groups -OCH3 is 2. The molecule has 1 aliphatic heterocycles. The number of hydrogen-bond acceptors (Lipinski definition) is 5. The highest BCUT2D eigenvalue weighted by atomic mass is 16.5. The molecular formula is C23H29N3O4. The van der Waals surface area contributed by atoms with Gasteiger partial charge in [0, 0.05) is 51.5 Å². The van der Waals surface area contributed by atoms with Crippen molar-refractivity contribution in [3.63, 3.8) is 0 Å². The first-order chi connectivity index (χ1) is 14.5. The zero-order chi connectivity index (χ0) is 21.7. The molecule has 0 aromatic heterocycles. The van der Waals surface area contributed by atoms with E-state index in [2.05, 4.69) is 0 Å². The molecule has 1 aliphatic rings. The first kappa shape index (κ1) is 21.5. The number of amides is 2. The van der Waals surface area contributed by atoms with Crippen LogP contribution in [0.3, 0.4) is 0 Å². The maximum Gasteiger partial charge on any atom is 0.261 e. The molecule has 1 heterocycles. The van der Waals surface area contributed by atoms with Gasteiger partial charge in [-0.25, -0.2) is 0 Å². The summed E-state index contributed by atoms with van der Waals surface area (Å²) in [4.78, 5) is 31.7. The maximum atomic E-state index is 13.2. The smallest absolute Gasteiger partial charge is 0.261 e. The quantitative estimate of drug-likeness (QED) is 0.757. The molecule has 0 saturated carbocycles. The van der Waals surface area contributed by atoms with Crippen LogP contribution in [-0.2, 0) is 0 Å². The SMILES string of the molecule is COc1cccc(OC)c1C(=O)N1CCCN(C(=O)c2ccc(N(C)C)cc2)CC1. The molecule has 0 radical (unpaired) electrons. The van der Waals surface area contributed by atoms with Crippen LogP contribution in [0, 0.1) is 0 Å². The van der Waals surface area contributed by atoms with Gasteiger partial charge in [0.2, 0.25) is 0 Å². The molecule has 2 amide bonds. The zero-order valence-corrected chi connectivity index (χ0v) is 18.1. The Morgan fingerprint density at radius 1 is 0.800 bits per heavy atom. The third-order valence-electron chi connectivity index (χ3n) is 5.34. The first-order valence-corrected chi connectivity index (χ1v) is 10.0. The third-order valence-corrected chi connectivity index (χ3v) is 5.34. The van der Waals surface area contributed by atoms with Gasteiger partial charge in [0.15, 0.2) is 0 Å². The van der Waals surface area contributed by atoms with E-state index in [1.54, 1.807) is 23.1 Å². The molecule has 7 nitrogen and oxygen atoms in total. The second kappa shape index (κ2) is 9.52. The van der Waals surface area contributed by atoms with Crippen LogP contribution >= 0.6 is 0 Å². The Balaban J connectivity index is 1.72. The summed E-state index contributed by atoms with van der Waals surface area (Å²) >= 11 is 0. The molecule has 0 bridgehead atoms. The minimum Gasteiger partial charge on any atom is -0.496 e. The highest BCUT2D eigenvalue weighted by Gasteiger charge is 2.27. The summed E-state index contributed by atoms with van der Waals surface area (Å²) < 4.78 is 10.8. The molecule has 2 aromatic rings. The summed E-state index contributed by atoms with van der Waals surface area (Å²) in [7, 11) is 7.01. The molecule has 1 saturated heterocycles. The molecule has 0 aliphatic carbocycles. The molecule has 160 valence electrons. The molecule has 30 heavy (non-hydrogen) atoms. The van der Waals surface area contributed by atoms with E-state index in [1.807, 2.05) is 48.2 Å². The van der Waals surface area contributed by atoms with E-state index in [0.717, 1.165) is 5.69 Å². The summed E-state index contributed by atoms with van der Waals surface area (Å²) in [6.45, 7) is 2.13. The van der Waals surface area contributed by atoms with E-state index < -0.39 is 0 Å². The van der Waals surface area contributed by atoms with Gasteiger partial charge in [-0.2, -0.15) is 0 Å². The summed E-state index contributed by atoms with van der Waals surface area (Å²) in [6, 6.07) is 12.9. The van der Waals surface area contributed by atoms with Crippen LogP contribution in [0.25, 0.3) is 0 Å². The maximum absolute atomic E-state index is 13.2. The van der Waals surface area contributed by atoms with Gasteiger partial charge in [0.1, 0.15) is 17.1 Å². The van der Waals surface area contributed by atoms with E-state index in [9.17, 15) is 9.59 Å². The molecule has 3 rings (SSSR count). The average molecular weight is 412 g/mol. The van der Waals surface area contributed by atoms with E-state index in [4.69, 9.17) is 9.47 Å². The lowest BCUT2D eigenvalue weighted by Crippen LogP contribution is -2.37. The number of nitrogens with zero attached hydrogens (tertiary/aromatic N) is 3. The number of hydrogen-bond donors (Lipinski definition) is 0. The summed E-state index contributed by atoms with van der Waals surface area (Å²) in [5, 5.41) is 0. The average Bonchev–Trinajstić information content (AvgIpc) is 3.03. The normalized spacial score (nSPS) is 14.1. The third kappa shape index (κ3) is 4.50. The van der Waals surface area contributed by atoms with Crippen molar-refractivity contribution in [3.8, 4) is 11.5 Å². The Labute approximate surface area is 177 Å². The second-order valence-corrected chi connectivity index (χ2v) is 7.42. The van der Waals surface area contributed by atoms with E-state index in [0.29, 0.717) is 55.2 Å². The lowest BCUT2D eigenvalue weighted by atomic mass is 10.1.